The number of hydrogen-bond donors (Lipinski definition) is 2. The molecule has 1 amide bonds. The molecule has 1 aliphatic heterocycles. The molecule has 5 heteroatoms. The molecular formula is C24H27N3O2. The molecule has 0 aliphatic carbocycles. The minimum atomic E-state index is -0.147. The lowest BCUT2D eigenvalue weighted by Crippen LogP contribution is -2.35. The number of Topliss-reactive ketones (excluding diaryl/α,β-unsaturated/α-hetero) is 1. The van der Waals surface area contributed by atoms with Gasteiger partial charge in [0.2, 0.25) is 0 Å². The average Bonchev–Trinajstić information content (AvgIpc) is 3.13. The zero-order chi connectivity index (χ0) is 20.4. The third kappa shape index (κ3) is 3.90. The highest BCUT2D eigenvalue weighted by Gasteiger charge is 2.25. The van der Waals surface area contributed by atoms with E-state index >= 15 is 0 Å². The Hall–Kier alpha value is -3.08. The molecule has 2 N–H and O–H groups in total. The zero-order valence-electron chi connectivity index (χ0n) is 17.0. The summed E-state index contributed by atoms with van der Waals surface area (Å²) in [6, 6.07) is 16.1. The molecule has 0 saturated carbocycles. The van der Waals surface area contributed by atoms with Crippen molar-refractivity contribution in [3.05, 3.63) is 65.2 Å². The molecule has 1 fully saturated rings. The van der Waals surface area contributed by atoms with Crippen molar-refractivity contribution in [2.75, 3.05) is 25.0 Å². The minimum absolute atomic E-state index is 0.0201. The number of carbonyl (C=O) groups excluding carboxylic acids is 2. The standard InChI is InChI=1S/C24H27N3O2/c1-16(28)22-20-15-19(24(29)25-2)8-9-21(20)26-23(22)27-12-10-18(11-13-27)14-17-6-4-3-5-7-17/h3-9,15,18,26H,10-14H2,1-2H3,(H,25,29). The minimum Gasteiger partial charge on any atom is -0.358 e. The number of benzene rings is 2. The lowest BCUT2D eigenvalue weighted by atomic mass is 9.90. The van der Waals surface area contributed by atoms with Crippen molar-refractivity contribution >= 4 is 28.4 Å². The predicted molar refractivity (Wildman–Crippen MR) is 117 cm³/mol. The summed E-state index contributed by atoms with van der Waals surface area (Å²) in [5.74, 6) is 1.43. The van der Waals surface area contributed by atoms with Crippen LogP contribution in [0.3, 0.4) is 0 Å². The molecule has 150 valence electrons. The topological polar surface area (TPSA) is 65.2 Å². The third-order valence-corrected chi connectivity index (χ3v) is 5.92. The van der Waals surface area contributed by atoms with Crippen molar-refractivity contribution in [2.24, 2.45) is 5.92 Å². The van der Waals surface area contributed by atoms with Crippen LogP contribution in [0.4, 0.5) is 5.82 Å². The molecule has 1 aromatic heterocycles. The second-order valence-electron chi connectivity index (χ2n) is 7.86. The van der Waals surface area contributed by atoms with Gasteiger partial charge in [0.15, 0.2) is 5.78 Å². The van der Waals surface area contributed by atoms with Gasteiger partial charge in [-0.15, -0.1) is 0 Å². The number of anilines is 1. The Morgan fingerprint density at radius 3 is 2.48 bits per heavy atom. The summed E-state index contributed by atoms with van der Waals surface area (Å²) in [7, 11) is 1.61. The third-order valence-electron chi connectivity index (χ3n) is 5.92. The Morgan fingerprint density at radius 1 is 1.10 bits per heavy atom. The quantitative estimate of drug-likeness (QED) is 0.643. The van der Waals surface area contributed by atoms with Crippen molar-refractivity contribution in [1.29, 1.82) is 0 Å². The molecule has 2 aromatic carbocycles. The first kappa shape index (κ1) is 19.2. The van der Waals surface area contributed by atoms with Gasteiger partial charge in [-0.25, -0.2) is 0 Å². The van der Waals surface area contributed by atoms with E-state index in [1.807, 2.05) is 12.1 Å². The second-order valence-corrected chi connectivity index (χ2v) is 7.86. The number of H-pyrrole nitrogens is 1. The van der Waals surface area contributed by atoms with E-state index in [1.165, 1.54) is 5.56 Å². The van der Waals surface area contributed by atoms with Crippen LogP contribution < -0.4 is 10.2 Å². The van der Waals surface area contributed by atoms with Gasteiger partial charge in [-0.2, -0.15) is 0 Å². The zero-order valence-corrected chi connectivity index (χ0v) is 17.0. The smallest absolute Gasteiger partial charge is 0.251 e. The van der Waals surface area contributed by atoms with Crippen molar-refractivity contribution in [3.8, 4) is 0 Å². The van der Waals surface area contributed by atoms with Crippen LogP contribution in [0.5, 0.6) is 0 Å². The van der Waals surface area contributed by atoms with Gasteiger partial charge in [0.05, 0.1) is 5.56 Å². The highest BCUT2D eigenvalue weighted by atomic mass is 16.1. The average molecular weight is 389 g/mol. The molecule has 0 radical (unpaired) electrons. The van der Waals surface area contributed by atoms with Gasteiger partial charge in [0, 0.05) is 36.6 Å². The molecule has 0 unspecified atom stereocenters. The molecule has 0 spiro atoms. The SMILES string of the molecule is CNC(=O)c1ccc2[nH]c(N3CCC(Cc4ccccc4)CC3)c(C(C)=O)c2c1. The van der Waals surface area contributed by atoms with Gasteiger partial charge in [0.25, 0.3) is 5.91 Å². The van der Waals surface area contributed by atoms with E-state index in [0.717, 1.165) is 49.1 Å². The van der Waals surface area contributed by atoms with E-state index in [2.05, 4.69) is 45.5 Å². The Bertz CT molecular complexity index is 1030. The van der Waals surface area contributed by atoms with Gasteiger partial charge >= 0.3 is 0 Å². The van der Waals surface area contributed by atoms with Gasteiger partial charge in [0.1, 0.15) is 5.82 Å². The second kappa shape index (κ2) is 8.11. The molecule has 1 aliphatic rings. The van der Waals surface area contributed by atoms with Crippen LogP contribution in [0.15, 0.2) is 48.5 Å². The van der Waals surface area contributed by atoms with E-state index < -0.39 is 0 Å². The number of piperidine rings is 1. The highest BCUT2D eigenvalue weighted by molar-refractivity contribution is 6.13. The first-order chi connectivity index (χ1) is 14.1. The fourth-order valence-electron chi connectivity index (χ4n) is 4.36. The van der Waals surface area contributed by atoms with Crippen molar-refractivity contribution in [2.45, 2.75) is 26.2 Å². The summed E-state index contributed by atoms with van der Waals surface area (Å²) in [4.78, 5) is 30.2. The first-order valence-corrected chi connectivity index (χ1v) is 10.2. The van der Waals surface area contributed by atoms with E-state index in [-0.39, 0.29) is 11.7 Å². The fraction of sp³-hybridized carbons (Fsp3) is 0.333. The number of nitrogens with one attached hydrogen (secondary N) is 2. The van der Waals surface area contributed by atoms with Crippen LogP contribution in [-0.4, -0.2) is 36.8 Å². The van der Waals surface area contributed by atoms with Gasteiger partial charge in [-0.3, -0.25) is 9.59 Å². The van der Waals surface area contributed by atoms with Crippen LogP contribution in [0, 0.1) is 5.92 Å². The summed E-state index contributed by atoms with van der Waals surface area (Å²) in [6.07, 6.45) is 3.31. The highest BCUT2D eigenvalue weighted by Crippen LogP contribution is 2.33. The molecule has 0 bridgehead atoms. The first-order valence-electron chi connectivity index (χ1n) is 10.2. The van der Waals surface area contributed by atoms with Crippen LogP contribution in [-0.2, 0) is 6.42 Å². The molecule has 1 saturated heterocycles. The summed E-state index contributed by atoms with van der Waals surface area (Å²) < 4.78 is 0. The predicted octanol–water partition coefficient (Wildman–Crippen LogP) is 4.19. The molecule has 5 nitrogen and oxygen atoms in total. The maximum atomic E-state index is 12.5. The van der Waals surface area contributed by atoms with Gasteiger partial charge < -0.3 is 15.2 Å². The lowest BCUT2D eigenvalue weighted by molar-refractivity contribution is 0.0961. The van der Waals surface area contributed by atoms with E-state index in [0.29, 0.717) is 17.0 Å². The number of amides is 1. The number of ketones is 1. The Labute approximate surface area is 171 Å². The number of aromatic nitrogens is 1. The molecule has 4 rings (SSSR count). The lowest BCUT2D eigenvalue weighted by Gasteiger charge is -2.33. The summed E-state index contributed by atoms with van der Waals surface area (Å²) >= 11 is 0. The summed E-state index contributed by atoms with van der Waals surface area (Å²) in [6.45, 7) is 3.45. The molecular weight excluding hydrogens is 362 g/mol. The Balaban J connectivity index is 1.57. The van der Waals surface area contributed by atoms with Gasteiger partial charge in [-0.1, -0.05) is 30.3 Å². The van der Waals surface area contributed by atoms with E-state index in [1.54, 1.807) is 20.0 Å². The maximum Gasteiger partial charge on any atom is 0.251 e. The number of rotatable bonds is 5. The normalized spacial score (nSPS) is 14.9. The maximum absolute atomic E-state index is 12.5. The Morgan fingerprint density at radius 2 is 1.83 bits per heavy atom. The number of nitrogens with zero attached hydrogens (tertiary/aromatic N) is 1. The van der Waals surface area contributed by atoms with E-state index in [9.17, 15) is 9.59 Å². The van der Waals surface area contributed by atoms with Crippen molar-refractivity contribution in [3.63, 3.8) is 0 Å². The number of fused-ring (bicyclic) bond motifs is 1. The van der Waals surface area contributed by atoms with Crippen LogP contribution in [0.2, 0.25) is 0 Å². The van der Waals surface area contributed by atoms with Crippen LogP contribution in [0.25, 0.3) is 10.9 Å². The van der Waals surface area contributed by atoms with Crippen LogP contribution in [0.1, 0.15) is 46.0 Å². The summed E-state index contributed by atoms with van der Waals surface area (Å²) in [5, 5.41) is 3.46. The van der Waals surface area contributed by atoms with Crippen molar-refractivity contribution < 1.29 is 9.59 Å². The monoisotopic (exact) mass is 389 g/mol. The molecule has 2 heterocycles. The number of aromatic amines is 1. The largest absolute Gasteiger partial charge is 0.358 e. The number of hydrogen-bond acceptors (Lipinski definition) is 3. The van der Waals surface area contributed by atoms with Gasteiger partial charge in [-0.05, 0) is 55.9 Å². The Kier molecular flexibility index (Phi) is 5.38. The molecule has 29 heavy (non-hydrogen) atoms. The van der Waals surface area contributed by atoms with Crippen molar-refractivity contribution in [1.82, 2.24) is 10.3 Å². The molecule has 0 atom stereocenters. The van der Waals surface area contributed by atoms with Crippen LogP contribution >= 0.6 is 0 Å². The summed E-state index contributed by atoms with van der Waals surface area (Å²) in [5.41, 5.74) is 3.54. The molecule has 3 aromatic rings. The fourth-order valence-corrected chi connectivity index (χ4v) is 4.36. The number of carbonyl (C=O) groups is 2. The van der Waals surface area contributed by atoms with E-state index in [4.69, 9.17) is 0 Å².